The third-order valence-corrected chi connectivity index (χ3v) is 3.56. The van der Waals surface area contributed by atoms with E-state index in [1.165, 1.54) is 11.8 Å². The molecule has 130 valence electrons. The number of hydrogen-bond donors (Lipinski definition) is 5. The van der Waals surface area contributed by atoms with Crippen LogP contribution in [-0.2, 0) is 9.59 Å². The van der Waals surface area contributed by atoms with E-state index in [9.17, 15) is 14.7 Å². The zero-order valence-corrected chi connectivity index (χ0v) is 14.0. The summed E-state index contributed by atoms with van der Waals surface area (Å²) in [5.41, 5.74) is 9.89. The number of piperidine rings is 1. The predicted molar refractivity (Wildman–Crippen MR) is 87.0 cm³/mol. The van der Waals surface area contributed by atoms with E-state index in [2.05, 4.69) is 0 Å². The lowest BCUT2D eigenvalue weighted by Gasteiger charge is -2.42. The second kappa shape index (κ2) is 9.54. The molecule has 0 spiro atoms. The number of aliphatic carboxylic acids is 1. The monoisotopic (exact) mass is 359 g/mol. The molecule has 0 aromatic rings. The Morgan fingerprint density at radius 2 is 1.95 bits per heavy atom. The van der Waals surface area contributed by atoms with Crippen LogP contribution in [0.5, 0.6) is 0 Å². The van der Waals surface area contributed by atoms with Gasteiger partial charge in [-0.3, -0.25) is 9.59 Å². The minimum absolute atomic E-state index is 0. The molecule has 11 heteroatoms. The van der Waals surface area contributed by atoms with E-state index in [1.807, 2.05) is 0 Å². The molecule has 0 radical (unpaired) electrons. The molecule has 1 aliphatic heterocycles. The summed E-state index contributed by atoms with van der Waals surface area (Å²) in [5.74, 6) is -1.72. The quantitative estimate of drug-likeness (QED) is 0.381. The molecule has 0 aromatic carbocycles. The van der Waals surface area contributed by atoms with Gasteiger partial charge in [-0.25, -0.2) is 0 Å². The molecule has 7 N–H and O–H groups in total. The summed E-state index contributed by atoms with van der Waals surface area (Å²) in [6.07, 6.45) is 0.686. The first-order valence-electron chi connectivity index (χ1n) is 6.58. The van der Waals surface area contributed by atoms with Gasteiger partial charge in [-0.1, -0.05) is 6.42 Å². The standard InChI is InChI=1S/C11H22BN3O5.2ClH/c1-7(13)9(16)15-5-8(2-3-12(19)20)4-11(14,6-15)10(17)18;;/h7-8,19-20H,2-6,13-14H2,1H3,(H,17,18);2*1H/t7-,8-,11-;;/m0../s1. The molecule has 0 unspecified atom stereocenters. The fourth-order valence-corrected chi connectivity index (χ4v) is 2.55. The molecule has 1 rings (SSSR count). The lowest BCUT2D eigenvalue weighted by molar-refractivity contribution is -0.149. The van der Waals surface area contributed by atoms with Gasteiger partial charge < -0.3 is 31.5 Å². The van der Waals surface area contributed by atoms with Crippen molar-refractivity contribution >= 4 is 43.8 Å². The first-order chi connectivity index (χ1) is 9.15. The highest BCUT2D eigenvalue weighted by Gasteiger charge is 2.44. The average Bonchev–Trinajstić information content (AvgIpc) is 2.34. The van der Waals surface area contributed by atoms with Gasteiger partial charge in [-0.05, 0) is 25.6 Å². The number of carbonyl (C=O) groups excluding carboxylic acids is 1. The van der Waals surface area contributed by atoms with Crippen LogP contribution in [0, 0.1) is 5.92 Å². The number of rotatable bonds is 5. The van der Waals surface area contributed by atoms with Gasteiger partial charge in [-0.15, -0.1) is 24.8 Å². The van der Waals surface area contributed by atoms with Crippen LogP contribution in [0.3, 0.4) is 0 Å². The number of likely N-dealkylation sites (tertiary alicyclic amines) is 1. The first-order valence-corrected chi connectivity index (χ1v) is 6.58. The maximum absolute atomic E-state index is 11.9. The molecule has 0 aliphatic carbocycles. The average molecular weight is 360 g/mol. The van der Waals surface area contributed by atoms with Crippen molar-refractivity contribution in [2.45, 2.75) is 37.7 Å². The van der Waals surface area contributed by atoms with Crippen molar-refractivity contribution < 1.29 is 24.7 Å². The molecule has 0 bridgehead atoms. The van der Waals surface area contributed by atoms with E-state index < -0.39 is 24.7 Å². The number of carbonyl (C=O) groups is 2. The summed E-state index contributed by atoms with van der Waals surface area (Å²) in [6.45, 7) is 1.78. The summed E-state index contributed by atoms with van der Waals surface area (Å²) in [7, 11) is -1.45. The Kier molecular flexibility index (Phi) is 10.3. The Morgan fingerprint density at radius 3 is 2.36 bits per heavy atom. The summed E-state index contributed by atoms with van der Waals surface area (Å²) < 4.78 is 0. The van der Waals surface area contributed by atoms with Crippen LogP contribution in [-0.4, -0.2) is 63.7 Å². The smallest absolute Gasteiger partial charge is 0.451 e. The third-order valence-electron chi connectivity index (χ3n) is 3.56. The van der Waals surface area contributed by atoms with Crippen LogP contribution in [0.1, 0.15) is 19.8 Å². The van der Waals surface area contributed by atoms with E-state index in [1.54, 1.807) is 0 Å². The fourth-order valence-electron chi connectivity index (χ4n) is 2.55. The minimum atomic E-state index is -1.52. The zero-order valence-electron chi connectivity index (χ0n) is 12.3. The second-order valence-electron chi connectivity index (χ2n) is 5.60. The van der Waals surface area contributed by atoms with Gasteiger partial charge in [0.25, 0.3) is 0 Å². The number of nitrogens with zero attached hydrogens (tertiary/aromatic N) is 1. The Bertz CT molecular complexity index is 389. The highest BCUT2D eigenvalue weighted by atomic mass is 35.5. The van der Waals surface area contributed by atoms with Gasteiger partial charge in [0.1, 0.15) is 5.54 Å². The van der Waals surface area contributed by atoms with Gasteiger partial charge in [0.05, 0.1) is 6.04 Å². The number of carboxylic acids is 1. The van der Waals surface area contributed by atoms with Crippen molar-refractivity contribution in [3.05, 3.63) is 0 Å². The molecule has 3 atom stereocenters. The van der Waals surface area contributed by atoms with Crippen molar-refractivity contribution in [1.82, 2.24) is 4.90 Å². The van der Waals surface area contributed by atoms with Crippen LogP contribution in [0.25, 0.3) is 0 Å². The molecule has 22 heavy (non-hydrogen) atoms. The topological polar surface area (TPSA) is 150 Å². The van der Waals surface area contributed by atoms with Gasteiger partial charge in [0.15, 0.2) is 0 Å². The summed E-state index contributed by atoms with van der Waals surface area (Å²) in [6, 6.07) is -0.727. The maximum atomic E-state index is 11.9. The SMILES string of the molecule is C[C@H](N)C(=O)N1C[C@@H](CCB(O)O)C[C@@](N)(C(=O)O)C1.Cl.Cl. The van der Waals surface area contributed by atoms with E-state index in [-0.39, 0.29) is 55.9 Å². The van der Waals surface area contributed by atoms with Crippen molar-refractivity contribution in [2.24, 2.45) is 17.4 Å². The largest absolute Gasteiger partial charge is 0.480 e. The molecule has 1 aliphatic rings. The van der Waals surface area contributed by atoms with Crippen molar-refractivity contribution in [3.8, 4) is 0 Å². The van der Waals surface area contributed by atoms with E-state index in [0.717, 1.165) is 0 Å². The molecule has 1 heterocycles. The minimum Gasteiger partial charge on any atom is -0.480 e. The number of halogens is 2. The van der Waals surface area contributed by atoms with E-state index in [0.29, 0.717) is 13.0 Å². The lowest BCUT2D eigenvalue weighted by atomic mass is 9.75. The molecule has 1 fully saturated rings. The van der Waals surface area contributed by atoms with Gasteiger partial charge in [0, 0.05) is 13.1 Å². The highest BCUT2D eigenvalue weighted by molar-refractivity contribution is 6.40. The number of nitrogens with two attached hydrogens (primary N) is 2. The molecular weight excluding hydrogens is 336 g/mol. The van der Waals surface area contributed by atoms with Crippen LogP contribution >= 0.6 is 24.8 Å². The number of carboxylic acid groups (broad SMARTS) is 1. The molecule has 8 nitrogen and oxygen atoms in total. The molecule has 1 saturated heterocycles. The lowest BCUT2D eigenvalue weighted by Crippen LogP contribution is -2.64. The van der Waals surface area contributed by atoms with Crippen LogP contribution in [0.4, 0.5) is 0 Å². The highest BCUT2D eigenvalue weighted by Crippen LogP contribution is 2.28. The van der Waals surface area contributed by atoms with Crippen LogP contribution in [0.2, 0.25) is 6.32 Å². The first kappa shape index (κ1) is 23.7. The number of hydrogen-bond acceptors (Lipinski definition) is 6. The Morgan fingerprint density at radius 1 is 1.41 bits per heavy atom. The van der Waals surface area contributed by atoms with Crippen molar-refractivity contribution in [3.63, 3.8) is 0 Å². The maximum Gasteiger partial charge on any atom is 0.451 e. The van der Waals surface area contributed by atoms with Gasteiger partial charge in [-0.2, -0.15) is 0 Å². The normalized spacial score (nSPS) is 25.5. The van der Waals surface area contributed by atoms with Crippen molar-refractivity contribution in [1.29, 1.82) is 0 Å². The molecule has 0 aromatic heterocycles. The van der Waals surface area contributed by atoms with Crippen LogP contribution < -0.4 is 11.5 Å². The van der Waals surface area contributed by atoms with Crippen LogP contribution in [0.15, 0.2) is 0 Å². The molecule has 0 saturated carbocycles. The third kappa shape index (κ3) is 6.27. The van der Waals surface area contributed by atoms with E-state index >= 15 is 0 Å². The van der Waals surface area contributed by atoms with Gasteiger partial charge in [0.2, 0.25) is 5.91 Å². The Labute approximate surface area is 142 Å². The number of amides is 1. The summed E-state index contributed by atoms with van der Waals surface area (Å²) in [4.78, 5) is 24.6. The Balaban J connectivity index is 0. The Hall–Kier alpha value is -0.575. The fraction of sp³-hybridized carbons (Fsp3) is 0.818. The molecule has 1 amide bonds. The zero-order chi connectivity index (χ0) is 15.5. The second-order valence-corrected chi connectivity index (χ2v) is 5.60. The molecular formula is C11H24BCl2N3O5. The van der Waals surface area contributed by atoms with Gasteiger partial charge >= 0.3 is 13.1 Å². The summed E-state index contributed by atoms with van der Waals surface area (Å²) in [5, 5.41) is 27.0. The predicted octanol–water partition coefficient (Wildman–Crippen LogP) is -1.33. The van der Waals surface area contributed by atoms with Crippen molar-refractivity contribution in [2.75, 3.05) is 13.1 Å². The van der Waals surface area contributed by atoms with E-state index in [4.69, 9.17) is 21.5 Å². The summed E-state index contributed by atoms with van der Waals surface area (Å²) >= 11 is 0.